The van der Waals surface area contributed by atoms with Crippen molar-refractivity contribution in [2.75, 3.05) is 38.1 Å². The van der Waals surface area contributed by atoms with Crippen molar-refractivity contribution in [3.63, 3.8) is 0 Å². The predicted octanol–water partition coefficient (Wildman–Crippen LogP) is 1.84. The van der Waals surface area contributed by atoms with E-state index in [9.17, 15) is 18.0 Å². The summed E-state index contributed by atoms with van der Waals surface area (Å²) in [5, 5.41) is 5.61. The Hall–Kier alpha value is -2.91. The van der Waals surface area contributed by atoms with Gasteiger partial charge in [0.15, 0.2) is 0 Å². The van der Waals surface area contributed by atoms with Gasteiger partial charge in [0.25, 0.3) is 0 Å². The molecule has 1 saturated carbocycles. The number of sulfonamides is 1. The van der Waals surface area contributed by atoms with Gasteiger partial charge in [-0.1, -0.05) is 36.4 Å². The summed E-state index contributed by atoms with van der Waals surface area (Å²) in [5.41, 5.74) is 0.612. The van der Waals surface area contributed by atoms with Crippen LogP contribution in [0.15, 0.2) is 65.6 Å². The molecular formula is C25H32N4O4S. The highest BCUT2D eigenvalue weighted by molar-refractivity contribution is 7.89. The monoisotopic (exact) mass is 484 g/mol. The molecule has 1 heterocycles. The summed E-state index contributed by atoms with van der Waals surface area (Å²) in [6, 6.07) is 17.4. The van der Waals surface area contributed by atoms with Crippen LogP contribution in [-0.2, 0) is 19.6 Å². The summed E-state index contributed by atoms with van der Waals surface area (Å²) in [4.78, 5) is 27.9. The average molecular weight is 485 g/mol. The molecule has 3 atom stereocenters. The van der Waals surface area contributed by atoms with E-state index in [1.54, 1.807) is 18.2 Å². The van der Waals surface area contributed by atoms with Gasteiger partial charge in [-0.05, 0) is 49.4 Å². The molecule has 1 saturated heterocycles. The van der Waals surface area contributed by atoms with E-state index in [0.717, 1.165) is 12.2 Å². The van der Waals surface area contributed by atoms with Crippen LogP contribution in [0.4, 0.5) is 5.69 Å². The molecule has 2 N–H and O–H groups in total. The summed E-state index contributed by atoms with van der Waals surface area (Å²) in [6.45, 7) is 4.25. The second-order valence-corrected chi connectivity index (χ2v) is 10.9. The fourth-order valence-corrected chi connectivity index (χ4v) is 6.71. The zero-order chi connectivity index (χ0) is 24.3. The van der Waals surface area contributed by atoms with E-state index in [2.05, 4.69) is 22.5 Å². The molecule has 182 valence electrons. The lowest BCUT2D eigenvalue weighted by atomic mass is 9.99. The molecule has 2 aromatic carbocycles. The minimum absolute atomic E-state index is 0.0706. The van der Waals surface area contributed by atoms with Crippen LogP contribution >= 0.6 is 0 Å². The van der Waals surface area contributed by atoms with Gasteiger partial charge in [-0.25, -0.2) is 8.42 Å². The van der Waals surface area contributed by atoms with E-state index in [1.165, 1.54) is 23.5 Å². The molecule has 0 unspecified atom stereocenters. The molecule has 1 spiro atoms. The first-order valence-electron chi connectivity index (χ1n) is 11.7. The maximum atomic E-state index is 13.3. The predicted molar refractivity (Wildman–Crippen MR) is 131 cm³/mol. The van der Waals surface area contributed by atoms with Crippen LogP contribution in [0.2, 0.25) is 0 Å². The van der Waals surface area contributed by atoms with E-state index >= 15 is 0 Å². The molecule has 0 radical (unpaired) electrons. The summed E-state index contributed by atoms with van der Waals surface area (Å²) in [7, 11) is -2.35. The molecule has 1 aliphatic heterocycles. The molecule has 0 aromatic heterocycles. The van der Waals surface area contributed by atoms with Crippen molar-refractivity contribution in [2.24, 2.45) is 11.3 Å². The topological polar surface area (TPSA) is 98.8 Å². The first-order valence-corrected chi connectivity index (χ1v) is 13.1. The van der Waals surface area contributed by atoms with Crippen LogP contribution in [0.1, 0.15) is 19.8 Å². The number of rotatable bonds is 9. The van der Waals surface area contributed by atoms with Gasteiger partial charge in [0.1, 0.15) is 6.04 Å². The summed E-state index contributed by atoms with van der Waals surface area (Å²) in [5.74, 6) is -0.704. The number of likely N-dealkylation sites (N-methyl/N-ethyl adjacent to an activating group) is 2. The van der Waals surface area contributed by atoms with Gasteiger partial charge in [0.2, 0.25) is 21.8 Å². The average Bonchev–Trinajstić information content (AvgIpc) is 3.43. The summed E-state index contributed by atoms with van der Waals surface area (Å²) < 4.78 is 27.9. The van der Waals surface area contributed by atoms with Gasteiger partial charge in [0, 0.05) is 44.8 Å². The lowest BCUT2D eigenvalue weighted by molar-refractivity contribution is -0.124. The number of benzene rings is 2. The van der Waals surface area contributed by atoms with Crippen molar-refractivity contribution in [3.8, 4) is 0 Å². The third-order valence-corrected chi connectivity index (χ3v) is 8.88. The molecular weight excluding hydrogens is 452 g/mol. The number of nitrogens with one attached hydrogen (secondary N) is 2. The highest BCUT2D eigenvalue weighted by Gasteiger charge is 2.65. The van der Waals surface area contributed by atoms with Gasteiger partial charge < -0.3 is 15.5 Å². The Morgan fingerprint density at radius 1 is 1.03 bits per heavy atom. The molecule has 8 nitrogen and oxygen atoms in total. The van der Waals surface area contributed by atoms with Crippen molar-refractivity contribution in [1.29, 1.82) is 0 Å². The second kappa shape index (κ2) is 9.76. The second-order valence-electron chi connectivity index (χ2n) is 9.02. The third kappa shape index (κ3) is 4.67. The Kier molecular flexibility index (Phi) is 6.95. The fourth-order valence-electron chi connectivity index (χ4n) is 5.01. The standard InChI is InChI=1S/C25H32N4O4S/c1-3-28(19-10-6-4-7-11-19)15-14-27-23(30)21-16-25(21)17-22(24(31)26-2)29(18-25)34(32,33)20-12-8-5-9-13-20/h4-13,21-22H,3,14-18H2,1-2H3,(H,26,31)(H,27,30)/t21-,22+,25+/m1/s1. The number of carbonyl (C=O) groups excluding carboxylic acids is 2. The maximum absolute atomic E-state index is 13.3. The molecule has 4 rings (SSSR count). The Labute approximate surface area is 201 Å². The number of carbonyl (C=O) groups is 2. The quantitative estimate of drug-likeness (QED) is 0.566. The van der Waals surface area contributed by atoms with Crippen molar-refractivity contribution in [1.82, 2.24) is 14.9 Å². The van der Waals surface area contributed by atoms with Crippen molar-refractivity contribution in [3.05, 3.63) is 60.7 Å². The van der Waals surface area contributed by atoms with Crippen LogP contribution in [0.25, 0.3) is 0 Å². The van der Waals surface area contributed by atoms with Gasteiger partial charge in [-0.15, -0.1) is 0 Å². The van der Waals surface area contributed by atoms with E-state index in [1.807, 2.05) is 30.3 Å². The van der Waals surface area contributed by atoms with Crippen LogP contribution in [0, 0.1) is 11.3 Å². The largest absolute Gasteiger partial charge is 0.370 e. The number of amides is 2. The van der Waals surface area contributed by atoms with E-state index in [4.69, 9.17) is 0 Å². The smallest absolute Gasteiger partial charge is 0.243 e. The van der Waals surface area contributed by atoms with Gasteiger partial charge in [0.05, 0.1) is 4.90 Å². The van der Waals surface area contributed by atoms with Gasteiger partial charge in [-0.3, -0.25) is 9.59 Å². The molecule has 2 aromatic rings. The first-order chi connectivity index (χ1) is 16.3. The molecule has 9 heteroatoms. The van der Waals surface area contributed by atoms with Crippen LogP contribution in [0.3, 0.4) is 0 Å². The highest BCUT2D eigenvalue weighted by Crippen LogP contribution is 2.60. The number of nitrogens with zero attached hydrogens (tertiary/aromatic N) is 2. The molecule has 0 bridgehead atoms. The van der Waals surface area contributed by atoms with E-state index in [-0.39, 0.29) is 29.2 Å². The maximum Gasteiger partial charge on any atom is 0.243 e. The first kappa shape index (κ1) is 24.2. The normalized spacial score (nSPS) is 24.1. The van der Waals surface area contributed by atoms with Gasteiger partial charge >= 0.3 is 0 Å². The minimum Gasteiger partial charge on any atom is -0.370 e. The Morgan fingerprint density at radius 3 is 2.29 bits per heavy atom. The number of hydrogen-bond donors (Lipinski definition) is 2. The lowest BCUT2D eigenvalue weighted by Gasteiger charge is -2.23. The fraction of sp³-hybridized carbons (Fsp3) is 0.440. The molecule has 2 fully saturated rings. The van der Waals surface area contributed by atoms with Crippen molar-refractivity contribution in [2.45, 2.75) is 30.7 Å². The van der Waals surface area contributed by atoms with E-state index in [0.29, 0.717) is 25.9 Å². The molecule has 34 heavy (non-hydrogen) atoms. The minimum atomic E-state index is -3.85. The van der Waals surface area contributed by atoms with Crippen molar-refractivity contribution >= 4 is 27.5 Å². The molecule has 2 aliphatic rings. The zero-order valence-corrected chi connectivity index (χ0v) is 20.4. The van der Waals surface area contributed by atoms with E-state index < -0.39 is 21.5 Å². The third-order valence-electron chi connectivity index (χ3n) is 7.01. The zero-order valence-electron chi connectivity index (χ0n) is 19.6. The Balaban J connectivity index is 1.41. The highest BCUT2D eigenvalue weighted by atomic mass is 32.2. The SMILES string of the molecule is CCN(CCNC(=O)[C@H]1C[C@@]12C[C@@H](C(=O)NC)N(S(=O)(=O)c1ccccc1)C2)c1ccccc1. The Morgan fingerprint density at radius 2 is 1.68 bits per heavy atom. The lowest BCUT2D eigenvalue weighted by Crippen LogP contribution is -2.44. The summed E-state index contributed by atoms with van der Waals surface area (Å²) in [6.07, 6.45) is 0.936. The number of para-hydroxylation sites is 1. The van der Waals surface area contributed by atoms with Crippen molar-refractivity contribution < 1.29 is 18.0 Å². The number of anilines is 1. The Bertz CT molecular complexity index is 1130. The molecule has 1 aliphatic carbocycles. The summed E-state index contributed by atoms with van der Waals surface area (Å²) >= 11 is 0. The molecule has 2 amide bonds. The van der Waals surface area contributed by atoms with Crippen LogP contribution in [-0.4, -0.2) is 63.8 Å². The van der Waals surface area contributed by atoms with Gasteiger partial charge in [-0.2, -0.15) is 4.31 Å². The van der Waals surface area contributed by atoms with Crippen LogP contribution in [0.5, 0.6) is 0 Å². The number of hydrogen-bond acceptors (Lipinski definition) is 5. The van der Waals surface area contributed by atoms with Crippen LogP contribution < -0.4 is 15.5 Å².